The van der Waals surface area contributed by atoms with Crippen molar-refractivity contribution in [2.45, 2.75) is 31.2 Å². The summed E-state index contributed by atoms with van der Waals surface area (Å²) in [6.45, 7) is 3.33. The molecule has 1 aromatic carbocycles. The van der Waals surface area contributed by atoms with Gasteiger partial charge < -0.3 is 4.74 Å². The topological polar surface area (TPSA) is 63.0 Å². The van der Waals surface area contributed by atoms with E-state index in [1.54, 1.807) is 50.2 Å². The number of alkyl halides is 3. The molecule has 0 spiro atoms. The molecule has 0 aliphatic heterocycles. The van der Waals surface area contributed by atoms with Crippen molar-refractivity contribution in [1.29, 1.82) is 5.26 Å². The number of carbonyl (C=O) groups is 1. The van der Waals surface area contributed by atoms with Crippen LogP contribution < -0.4 is 0 Å². The number of halogens is 3. The quantitative estimate of drug-likeness (QED) is 0.557. The number of carbonyl (C=O) groups excluding carboxylic acids is 1. The zero-order valence-corrected chi connectivity index (χ0v) is 14.8. The van der Waals surface area contributed by atoms with Crippen molar-refractivity contribution in [1.82, 2.24) is 4.98 Å². The summed E-state index contributed by atoms with van der Waals surface area (Å²) in [4.78, 5) is 15.9. The predicted molar refractivity (Wildman–Crippen MR) is 91.3 cm³/mol. The van der Waals surface area contributed by atoms with E-state index >= 15 is 0 Å². The van der Waals surface area contributed by atoms with Crippen LogP contribution >= 0.6 is 11.8 Å². The predicted octanol–water partition coefficient (Wildman–Crippen LogP) is 4.68. The standard InChI is InChI=1S/C18H15F3N2O2S/c1-11(2)25-16(24)10-26-17-13(9-22)14(18(19,20)21)8-15(23-17)12-6-4-3-5-7-12/h3-8,11H,10H2,1-2H3. The molecule has 0 amide bonds. The Bertz CT molecular complexity index is 831. The van der Waals surface area contributed by atoms with Crippen LogP contribution in [0.25, 0.3) is 11.3 Å². The molecule has 2 rings (SSSR count). The lowest BCUT2D eigenvalue weighted by Gasteiger charge is -2.14. The molecule has 26 heavy (non-hydrogen) atoms. The average Bonchev–Trinajstić information content (AvgIpc) is 2.58. The number of rotatable bonds is 5. The van der Waals surface area contributed by atoms with Crippen molar-refractivity contribution in [2.75, 3.05) is 5.75 Å². The fourth-order valence-corrected chi connectivity index (χ4v) is 2.92. The van der Waals surface area contributed by atoms with Gasteiger partial charge in [-0.1, -0.05) is 42.1 Å². The number of pyridine rings is 1. The average molecular weight is 380 g/mol. The zero-order chi connectivity index (χ0) is 19.3. The normalized spacial score (nSPS) is 11.3. The number of hydrogen-bond donors (Lipinski definition) is 0. The number of hydrogen-bond acceptors (Lipinski definition) is 5. The van der Waals surface area contributed by atoms with Crippen LogP contribution in [0.1, 0.15) is 25.0 Å². The number of nitrogens with zero attached hydrogens (tertiary/aromatic N) is 2. The summed E-state index contributed by atoms with van der Waals surface area (Å²) in [6, 6.07) is 10.7. The van der Waals surface area contributed by atoms with Crippen LogP contribution in [0.5, 0.6) is 0 Å². The molecule has 1 aromatic heterocycles. The molecule has 0 unspecified atom stereocenters. The van der Waals surface area contributed by atoms with E-state index in [2.05, 4.69) is 4.98 Å². The fraction of sp³-hybridized carbons (Fsp3) is 0.278. The van der Waals surface area contributed by atoms with E-state index in [-0.39, 0.29) is 22.6 Å². The first kappa shape index (κ1) is 19.8. The van der Waals surface area contributed by atoms with Crippen LogP contribution in [0.4, 0.5) is 13.2 Å². The lowest BCUT2D eigenvalue weighted by Crippen LogP contribution is -2.14. The van der Waals surface area contributed by atoms with Crippen LogP contribution in [0, 0.1) is 11.3 Å². The molecule has 0 bridgehead atoms. The fourth-order valence-electron chi connectivity index (χ4n) is 2.14. The van der Waals surface area contributed by atoms with Crippen LogP contribution in [0.2, 0.25) is 0 Å². The molecule has 4 nitrogen and oxygen atoms in total. The molecular weight excluding hydrogens is 365 g/mol. The molecule has 0 atom stereocenters. The first-order chi connectivity index (χ1) is 12.2. The molecule has 8 heteroatoms. The van der Waals surface area contributed by atoms with Gasteiger partial charge in [-0.25, -0.2) is 4.98 Å². The van der Waals surface area contributed by atoms with Gasteiger partial charge in [0.2, 0.25) is 0 Å². The van der Waals surface area contributed by atoms with E-state index in [9.17, 15) is 23.2 Å². The second kappa shape index (κ2) is 8.23. The minimum atomic E-state index is -4.72. The Hall–Kier alpha value is -2.53. The maximum atomic E-state index is 13.4. The van der Waals surface area contributed by atoms with Gasteiger partial charge in [0.1, 0.15) is 11.1 Å². The smallest absolute Gasteiger partial charge is 0.417 e. The molecule has 2 aromatic rings. The van der Waals surface area contributed by atoms with Crippen LogP contribution in [-0.2, 0) is 15.7 Å². The number of esters is 1. The zero-order valence-electron chi connectivity index (χ0n) is 14.0. The van der Waals surface area contributed by atoms with Crippen LogP contribution in [0.15, 0.2) is 41.4 Å². The van der Waals surface area contributed by atoms with Gasteiger partial charge in [0.05, 0.1) is 28.7 Å². The van der Waals surface area contributed by atoms with E-state index in [4.69, 9.17) is 4.74 Å². The molecule has 0 fully saturated rings. The van der Waals surface area contributed by atoms with Crippen molar-refractivity contribution < 1.29 is 22.7 Å². The highest BCUT2D eigenvalue weighted by Crippen LogP contribution is 2.37. The third-order valence-electron chi connectivity index (χ3n) is 3.17. The summed E-state index contributed by atoms with van der Waals surface area (Å²) in [5, 5.41) is 9.06. The Morgan fingerprint density at radius 3 is 2.50 bits per heavy atom. The van der Waals surface area contributed by atoms with Crippen molar-refractivity contribution in [3.05, 3.63) is 47.5 Å². The van der Waals surface area contributed by atoms with Crippen LogP contribution in [0.3, 0.4) is 0 Å². The Morgan fingerprint density at radius 1 is 1.31 bits per heavy atom. The monoisotopic (exact) mass is 380 g/mol. The van der Waals surface area contributed by atoms with Gasteiger partial charge in [0, 0.05) is 5.56 Å². The molecule has 0 radical (unpaired) electrons. The minimum Gasteiger partial charge on any atom is -0.462 e. The molecule has 0 saturated carbocycles. The number of aromatic nitrogens is 1. The highest BCUT2D eigenvalue weighted by atomic mass is 32.2. The third kappa shape index (κ3) is 4.99. The highest BCUT2D eigenvalue weighted by Gasteiger charge is 2.36. The Morgan fingerprint density at radius 2 is 1.96 bits per heavy atom. The second-order valence-electron chi connectivity index (χ2n) is 5.54. The Balaban J connectivity index is 2.48. The maximum absolute atomic E-state index is 13.4. The molecule has 0 saturated heterocycles. The van der Waals surface area contributed by atoms with E-state index in [0.29, 0.717) is 5.56 Å². The van der Waals surface area contributed by atoms with Gasteiger partial charge in [-0.2, -0.15) is 18.4 Å². The minimum absolute atomic E-state index is 0.0802. The lowest BCUT2D eigenvalue weighted by atomic mass is 10.1. The summed E-state index contributed by atoms with van der Waals surface area (Å²) in [5.41, 5.74) is -1.11. The lowest BCUT2D eigenvalue weighted by molar-refractivity contribution is -0.144. The number of ether oxygens (including phenoxy) is 1. The van der Waals surface area contributed by atoms with Gasteiger partial charge in [0.25, 0.3) is 0 Å². The molecule has 1 heterocycles. The summed E-state index contributed by atoms with van der Waals surface area (Å²) in [7, 11) is 0. The first-order valence-corrected chi connectivity index (χ1v) is 8.61. The van der Waals surface area contributed by atoms with E-state index in [1.807, 2.05) is 0 Å². The largest absolute Gasteiger partial charge is 0.462 e. The van der Waals surface area contributed by atoms with Crippen molar-refractivity contribution in [3.63, 3.8) is 0 Å². The molecule has 0 aliphatic rings. The van der Waals surface area contributed by atoms with Gasteiger partial charge in [-0.15, -0.1) is 0 Å². The van der Waals surface area contributed by atoms with E-state index < -0.39 is 23.3 Å². The van der Waals surface area contributed by atoms with E-state index in [1.165, 1.54) is 0 Å². The van der Waals surface area contributed by atoms with Gasteiger partial charge in [-0.3, -0.25) is 4.79 Å². The van der Waals surface area contributed by atoms with Crippen molar-refractivity contribution >= 4 is 17.7 Å². The molecule has 0 aliphatic carbocycles. The highest BCUT2D eigenvalue weighted by molar-refractivity contribution is 7.99. The Kier molecular flexibility index (Phi) is 6.27. The summed E-state index contributed by atoms with van der Waals surface area (Å²) >= 11 is 0.753. The molecule has 0 N–H and O–H groups in total. The molecular formula is C18H15F3N2O2S. The Labute approximate surface area is 153 Å². The number of thioether (sulfide) groups is 1. The van der Waals surface area contributed by atoms with Gasteiger partial charge in [-0.05, 0) is 19.9 Å². The summed E-state index contributed by atoms with van der Waals surface area (Å²) in [6.07, 6.45) is -5.06. The van der Waals surface area contributed by atoms with Gasteiger partial charge >= 0.3 is 12.1 Å². The first-order valence-electron chi connectivity index (χ1n) is 7.62. The second-order valence-corrected chi connectivity index (χ2v) is 6.50. The van der Waals surface area contributed by atoms with Gasteiger partial charge in [0.15, 0.2) is 0 Å². The van der Waals surface area contributed by atoms with Crippen LogP contribution in [-0.4, -0.2) is 22.8 Å². The van der Waals surface area contributed by atoms with Crippen molar-refractivity contribution in [2.24, 2.45) is 0 Å². The number of benzene rings is 1. The maximum Gasteiger partial charge on any atom is 0.417 e. The van der Waals surface area contributed by atoms with E-state index in [0.717, 1.165) is 17.8 Å². The summed E-state index contributed by atoms with van der Waals surface area (Å²) in [5.74, 6) is -0.829. The third-order valence-corrected chi connectivity index (χ3v) is 4.12. The molecule has 136 valence electrons. The van der Waals surface area contributed by atoms with Crippen molar-refractivity contribution in [3.8, 4) is 17.3 Å². The SMILES string of the molecule is CC(C)OC(=O)CSc1nc(-c2ccccc2)cc(C(F)(F)F)c1C#N. The summed E-state index contributed by atoms with van der Waals surface area (Å²) < 4.78 is 45.2. The number of nitriles is 1.